The maximum absolute atomic E-state index is 13.8. The zero-order valence-electron chi connectivity index (χ0n) is 21.1. The van der Waals surface area contributed by atoms with Crippen LogP contribution < -0.4 is 4.74 Å². The van der Waals surface area contributed by atoms with Crippen LogP contribution in [0.4, 0.5) is 0 Å². The van der Waals surface area contributed by atoms with Crippen LogP contribution in [0.15, 0.2) is 78.9 Å². The van der Waals surface area contributed by atoms with Crippen LogP contribution in [-0.4, -0.2) is 58.8 Å². The SMILES string of the molecule is COc1ccc(-c2cc(C(=O)N3CCN(Cc4ccccc4)CC3)n(-c3ccc(C)cc3C)n2)cc1. The molecule has 0 N–H and O–H groups in total. The Morgan fingerprint density at radius 3 is 2.28 bits per heavy atom. The van der Waals surface area contributed by atoms with E-state index in [1.54, 1.807) is 7.11 Å². The van der Waals surface area contributed by atoms with E-state index in [0.29, 0.717) is 18.8 Å². The third kappa shape index (κ3) is 5.04. The predicted molar refractivity (Wildman–Crippen MR) is 143 cm³/mol. The predicted octanol–water partition coefficient (Wildman–Crippen LogP) is 5.12. The molecule has 0 unspecified atom stereocenters. The molecule has 0 radical (unpaired) electrons. The van der Waals surface area contributed by atoms with Crippen molar-refractivity contribution in [1.82, 2.24) is 19.6 Å². The Bertz CT molecular complexity index is 1340. The summed E-state index contributed by atoms with van der Waals surface area (Å²) in [6.07, 6.45) is 0. The number of hydrogen-bond acceptors (Lipinski definition) is 4. The van der Waals surface area contributed by atoms with Crippen LogP contribution in [-0.2, 0) is 6.54 Å². The Kier molecular flexibility index (Phi) is 6.87. The third-order valence-corrected chi connectivity index (χ3v) is 6.80. The number of aromatic nitrogens is 2. The first kappa shape index (κ1) is 23.8. The van der Waals surface area contributed by atoms with Gasteiger partial charge in [-0.25, -0.2) is 4.68 Å². The number of methoxy groups -OCH3 is 1. The first-order chi connectivity index (χ1) is 17.5. The van der Waals surface area contributed by atoms with E-state index < -0.39 is 0 Å². The van der Waals surface area contributed by atoms with E-state index in [1.807, 2.05) is 52.0 Å². The molecule has 184 valence electrons. The Hall–Kier alpha value is -3.90. The smallest absolute Gasteiger partial charge is 0.272 e. The van der Waals surface area contributed by atoms with E-state index in [0.717, 1.165) is 47.9 Å². The molecule has 2 heterocycles. The van der Waals surface area contributed by atoms with E-state index in [2.05, 4.69) is 55.1 Å². The van der Waals surface area contributed by atoms with Crippen LogP contribution in [0.1, 0.15) is 27.2 Å². The fourth-order valence-electron chi connectivity index (χ4n) is 4.78. The van der Waals surface area contributed by atoms with Crippen molar-refractivity contribution in [3.8, 4) is 22.7 Å². The second-order valence-electron chi connectivity index (χ2n) is 9.40. The van der Waals surface area contributed by atoms with Gasteiger partial charge in [-0.1, -0.05) is 48.0 Å². The fourth-order valence-corrected chi connectivity index (χ4v) is 4.78. The van der Waals surface area contributed by atoms with Gasteiger partial charge in [-0.3, -0.25) is 9.69 Å². The molecule has 36 heavy (non-hydrogen) atoms. The van der Waals surface area contributed by atoms with Crippen molar-refractivity contribution in [2.24, 2.45) is 0 Å². The number of rotatable bonds is 6. The largest absolute Gasteiger partial charge is 0.497 e. The lowest BCUT2D eigenvalue weighted by Gasteiger charge is -2.34. The number of benzene rings is 3. The van der Waals surface area contributed by atoms with E-state index >= 15 is 0 Å². The van der Waals surface area contributed by atoms with Crippen molar-refractivity contribution >= 4 is 5.91 Å². The second-order valence-corrected chi connectivity index (χ2v) is 9.40. The molecule has 5 rings (SSSR count). The summed E-state index contributed by atoms with van der Waals surface area (Å²) in [5, 5.41) is 4.90. The summed E-state index contributed by atoms with van der Waals surface area (Å²) in [6, 6.07) is 26.4. The molecule has 1 aliphatic rings. The van der Waals surface area contributed by atoms with Crippen molar-refractivity contribution in [1.29, 1.82) is 0 Å². The van der Waals surface area contributed by atoms with Gasteiger partial charge in [-0.05, 0) is 61.4 Å². The molecule has 1 saturated heterocycles. The molecule has 0 bridgehead atoms. The maximum atomic E-state index is 13.8. The molecule has 1 aromatic heterocycles. The average molecular weight is 481 g/mol. The number of hydrogen-bond donors (Lipinski definition) is 0. The highest BCUT2D eigenvalue weighted by molar-refractivity contribution is 5.94. The van der Waals surface area contributed by atoms with Gasteiger partial charge < -0.3 is 9.64 Å². The maximum Gasteiger partial charge on any atom is 0.272 e. The van der Waals surface area contributed by atoms with Crippen LogP contribution in [0.3, 0.4) is 0 Å². The molecule has 0 spiro atoms. The standard InChI is InChI=1S/C30H32N4O2/c1-22-9-14-28(23(2)19-22)34-29(20-27(31-34)25-10-12-26(36-3)13-11-25)30(35)33-17-15-32(16-18-33)21-24-7-5-4-6-8-24/h4-14,19-20H,15-18,21H2,1-3H3. The van der Waals surface area contributed by atoms with E-state index in [1.165, 1.54) is 11.1 Å². The highest BCUT2D eigenvalue weighted by atomic mass is 16.5. The van der Waals surface area contributed by atoms with Crippen molar-refractivity contribution in [3.05, 3.63) is 101 Å². The summed E-state index contributed by atoms with van der Waals surface area (Å²) in [4.78, 5) is 18.2. The molecule has 1 aliphatic heterocycles. The Morgan fingerprint density at radius 1 is 0.889 bits per heavy atom. The van der Waals surface area contributed by atoms with Gasteiger partial charge in [0, 0.05) is 38.3 Å². The van der Waals surface area contributed by atoms with Crippen molar-refractivity contribution in [3.63, 3.8) is 0 Å². The van der Waals surface area contributed by atoms with Gasteiger partial charge in [-0.15, -0.1) is 0 Å². The molecule has 4 aromatic rings. The van der Waals surface area contributed by atoms with Gasteiger partial charge in [0.05, 0.1) is 18.5 Å². The number of aryl methyl sites for hydroxylation is 2. The monoisotopic (exact) mass is 480 g/mol. The molecule has 3 aromatic carbocycles. The van der Waals surface area contributed by atoms with Crippen LogP contribution >= 0.6 is 0 Å². The number of amides is 1. The molecular formula is C30H32N4O2. The number of carbonyl (C=O) groups is 1. The molecule has 1 amide bonds. The van der Waals surface area contributed by atoms with Crippen LogP contribution in [0.25, 0.3) is 16.9 Å². The van der Waals surface area contributed by atoms with Crippen molar-refractivity contribution in [2.45, 2.75) is 20.4 Å². The summed E-state index contributed by atoms with van der Waals surface area (Å²) in [6.45, 7) is 8.14. The van der Waals surface area contributed by atoms with Crippen molar-refractivity contribution < 1.29 is 9.53 Å². The normalized spacial score (nSPS) is 14.1. The van der Waals surface area contributed by atoms with Gasteiger partial charge in [0.1, 0.15) is 11.4 Å². The van der Waals surface area contributed by atoms with Gasteiger partial charge >= 0.3 is 0 Å². The Balaban J connectivity index is 1.41. The summed E-state index contributed by atoms with van der Waals surface area (Å²) in [7, 11) is 1.65. The van der Waals surface area contributed by atoms with Crippen LogP contribution in [0, 0.1) is 13.8 Å². The highest BCUT2D eigenvalue weighted by Gasteiger charge is 2.26. The molecular weight excluding hydrogens is 448 g/mol. The lowest BCUT2D eigenvalue weighted by atomic mass is 10.1. The minimum absolute atomic E-state index is 0.0154. The minimum Gasteiger partial charge on any atom is -0.497 e. The first-order valence-electron chi connectivity index (χ1n) is 12.4. The molecule has 0 aliphatic carbocycles. The Labute approximate surface area is 212 Å². The lowest BCUT2D eigenvalue weighted by Crippen LogP contribution is -2.48. The quantitative estimate of drug-likeness (QED) is 0.384. The molecule has 1 fully saturated rings. The first-order valence-corrected chi connectivity index (χ1v) is 12.4. The number of ether oxygens (including phenoxy) is 1. The fraction of sp³-hybridized carbons (Fsp3) is 0.267. The average Bonchev–Trinajstić information content (AvgIpc) is 3.34. The number of piperazine rings is 1. The van der Waals surface area contributed by atoms with E-state index in [4.69, 9.17) is 9.84 Å². The van der Waals surface area contributed by atoms with Gasteiger partial charge in [0.25, 0.3) is 5.91 Å². The summed E-state index contributed by atoms with van der Waals surface area (Å²) in [5.41, 5.74) is 6.79. The summed E-state index contributed by atoms with van der Waals surface area (Å²) < 4.78 is 7.12. The summed E-state index contributed by atoms with van der Waals surface area (Å²) in [5.74, 6) is 0.804. The molecule has 6 nitrogen and oxygen atoms in total. The molecule has 0 saturated carbocycles. The second kappa shape index (κ2) is 10.4. The summed E-state index contributed by atoms with van der Waals surface area (Å²) >= 11 is 0. The van der Waals surface area contributed by atoms with Crippen molar-refractivity contribution in [2.75, 3.05) is 33.3 Å². The van der Waals surface area contributed by atoms with E-state index in [-0.39, 0.29) is 5.91 Å². The van der Waals surface area contributed by atoms with Crippen LogP contribution in [0.5, 0.6) is 5.75 Å². The zero-order chi connectivity index (χ0) is 25.1. The minimum atomic E-state index is 0.0154. The van der Waals surface area contributed by atoms with Gasteiger partial charge in [-0.2, -0.15) is 5.10 Å². The third-order valence-electron chi connectivity index (χ3n) is 6.80. The van der Waals surface area contributed by atoms with Gasteiger partial charge in [0.15, 0.2) is 0 Å². The lowest BCUT2D eigenvalue weighted by molar-refractivity contribution is 0.0619. The molecule has 6 heteroatoms. The number of nitrogens with zero attached hydrogens (tertiary/aromatic N) is 4. The van der Waals surface area contributed by atoms with Crippen LogP contribution in [0.2, 0.25) is 0 Å². The number of carbonyl (C=O) groups excluding carboxylic acids is 1. The molecule has 0 atom stereocenters. The van der Waals surface area contributed by atoms with E-state index in [9.17, 15) is 4.79 Å². The zero-order valence-corrected chi connectivity index (χ0v) is 21.1. The van der Waals surface area contributed by atoms with Gasteiger partial charge in [0.2, 0.25) is 0 Å². The highest BCUT2D eigenvalue weighted by Crippen LogP contribution is 2.26. The Morgan fingerprint density at radius 2 is 1.61 bits per heavy atom. The topological polar surface area (TPSA) is 50.6 Å².